The van der Waals surface area contributed by atoms with Crippen LogP contribution in [-0.2, 0) is 6.54 Å². The Morgan fingerprint density at radius 1 is 1.26 bits per heavy atom. The largest absolute Gasteiger partial charge is 0.314 e. The van der Waals surface area contributed by atoms with E-state index in [1.165, 1.54) is 31.7 Å². The van der Waals surface area contributed by atoms with Crippen molar-refractivity contribution < 1.29 is 4.39 Å². The summed E-state index contributed by atoms with van der Waals surface area (Å²) < 4.78 is 13.5. The van der Waals surface area contributed by atoms with E-state index < -0.39 is 0 Å². The first-order valence-corrected chi connectivity index (χ1v) is 7.41. The minimum atomic E-state index is -0.0987. The second kappa shape index (κ2) is 7.61. The standard InChI is InChI=1S/C16H25FN2/c1-19(13-14-7-2-5-10-16(14)17)12-6-11-18-15-8-3-4-9-15/h2,5,7,10,15,18H,3-4,6,8-9,11-13H2,1H3. The fourth-order valence-corrected chi connectivity index (χ4v) is 2.78. The number of nitrogens with zero attached hydrogens (tertiary/aromatic N) is 1. The van der Waals surface area contributed by atoms with Crippen LogP contribution in [0.25, 0.3) is 0 Å². The molecular formula is C16H25FN2. The van der Waals surface area contributed by atoms with Gasteiger partial charge < -0.3 is 10.2 Å². The van der Waals surface area contributed by atoms with Crippen LogP contribution in [0.15, 0.2) is 24.3 Å². The Bertz CT molecular complexity index is 375. The summed E-state index contributed by atoms with van der Waals surface area (Å²) in [6, 6.07) is 7.78. The van der Waals surface area contributed by atoms with Crippen LogP contribution in [-0.4, -0.2) is 31.1 Å². The lowest BCUT2D eigenvalue weighted by Gasteiger charge is -2.18. The molecule has 1 N–H and O–H groups in total. The third-order valence-electron chi connectivity index (χ3n) is 3.90. The van der Waals surface area contributed by atoms with E-state index >= 15 is 0 Å². The molecule has 0 spiro atoms. The molecule has 0 saturated heterocycles. The Kier molecular flexibility index (Phi) is 5.80. The Labute approximate surface area is 116 Å². The molecule has 0 unspecified atom stereocenters. The molecule has 19 heavy (non-hydrogen) atoms. The highest BCUT2D eigenvalue weighted by molar-refractivity contribution is 5.16. The van der Waals surface area contributed by atoms with Crippen molar-refractivity contribution in [2.45, 2.75) is 44.7 Å². The molecule has 1 saturated carbocycles. The highest BCUT2D eigenvalue weighted by atomic mass is 19.1. The van der Waals surface area contributed by atoms with Crippen molar-refractivity contribution in [3.63, 3.8) is 0 Å². The van der Waals surface area contributed by atoms with Gasteiger partial charge in [-0.15, -0.1) is 0 Å². The molecule has 0 bridgehead atoms. The van der Waals surface area contributed by atoms with E-state index in [-0.39, 0.29) is 5.82 Å². The minimum Gasteiger partial charge on any atom is -0.314 e. The average Bonchev–Trinajstić information content (AvgIpc) is 2.91. The first kappa shape index (κ1) is 14.5. The SMILES string of the molecule is CN(CCCNC1CCCC1)Cc1ccccc1F. The number of halogens is 1. The van der Waals surface area contributed by atoms with Crippen LogP contribution in [0, 0.1) is 5.82 Å². The summed E-state index contributed by atoms with van der Waals surface area (Å²) in [5.74, 6) is -0.0987. The molecule has 1 fully saturated rings. The molecule has 1 aromatic rings. The summed E-state index contributed by atoms with van der Waals surface area (Å²) in [6.07, 6.45) is 6.56. The molecule has 0 aliphatic heterocycles. The lowest BCUT2D eigenvalue weighted by molar-refractivity contribution is 0.311. The van der Waals surface area contributed by atoms with Gasteiger partial charge in [0.05, 0.1) is 0 Å². The molecule has 2 rings (SSSR count). The minimum absolute atomic E-state index is 0.0987. The summed E-state index contributed by atoms with van der Waals surface area (Å²) in [5, 5.41) is 3.61. The molecule has 2 nitrogen and oxygen atoms in total. The normalized spacial score (nSPS) is 16.4. The summed E-state index contributed by atoms with van der Waals surface area (Å²) in [6.45, 7) is 2.77. The summed E-state index contributed by atoms with van der Waals surface area (Å²) in [4.78, 5) is 2.19. The van der Waals surface area contributed by atoms with Crippen molar-refractivity contribution in [3.8, 4) is 0 Å². The first-order chi connectivity index (χ1) is 9.25. The summed E-state index contributed by atoms with van der Waals surface area (Å²) >= 11 is 0. The highest BCUT2D eigenvalue weighted by Gasteiger charge is 2.13. The van der Waals surface area contributed by atoms with Crippen molar-refractivity contribution in [2.24, 2.45) is 0 Å². The van der Waals surface area contributed by atoms with Crippen molar-refractivity contribution in [1.29, 1.82) is 0 Å². The van der Waals surface area contributed by atoms with Gasteiger partial charge in [0.1, 0.15) is 5.82 Å². The zero-order valence-electron chi connectivity index (χ0n) is 11.9. The zero-order chi connectivity index (χ0) is 13.5. The average molecular weight is 264 g/mol. The van der Waals surface area contributed by atoms with Gasteiger partial charge in [0.2, 0.25) is 0 Å². The maximum atomic E-state index is 13.5. The predicted octanol–water partition coefficient (Wildman–Crippen LogP) is 3.18. The fraction of sp³-hybridized carbons (Fsp3) is 0.625. The molecule has 1 aliphatic rings. The number of rotatable bonds is 7. The zero-order valence-corrected chi connectivity index (χ0v) is 11.9. The monoisotopic (exact) mass is 264 g/mol. The fourth-order valence-electron chi connectivity index (χ4n) is 2.78. The Balaban J connectivity index is 1.61. The lowest BCUT2D eigenvalue weighted by atomic mass is 10.2. The van der Waals surface area contributed by atoms with E-state index in [1.54, 1.807) is 6.07 Å². The van der Waals surface area contributed by atoms with Gasteiger partial charge in [-0.2, -0.15) is 0 Å². The Morgan fingerprint density at radius 3 is 2.74 bits per heavy atom. The van der Waals surface area contributed by atoms with E-state index in [9.17, 15) is 4.39 Å². The van der Waals surface area contributed by atoms with E-state index in [2.05, 4.69) is 17.3 Å². The highest BCUT2D eigenvalue weighted by Crippen LogP contribution is 2.17. The molecule has 106 valence electrons. The van der Waals surface area contributed by atoms with Crippen molar-refractivity contribution >= 4 is 0 Å². The molecule has 3 heteroatoms. The van der Waals surface area contributed by atoms with E-state index in [4.69, 9.17) is 0 Å². The predicted molar refractivity (Wildman–Crippen MR) is 77.6 cm³/mol. The Morgan fingerprint density at radius 2 is 2.00 bits per heavy atom. The molecule has 0 heterocycles. The van der Waals surface area contributed by atoms with Crippen LogP contribution in [0.2, 0.25) is 0 Å². The molecule has 1 aromatic carbocycles. The van der Waals surface area contributed by atoms with E-state index in [0.29, 0.717) is 6.54 Å². The lowest BCUT2D eigenvalue weighted by Crippen LogP contribution is -2.29. The van der Waals surface area contributed by atoms with Gasteiger partial charge in [-0.25, -0.2) is 4.39 Å². The number of benzene rings is 1. The van der Waals surface area contributed by atoms with Crippen molar-refractivity contribution in [2.75, 3.05) is 20.1 Å². The quantitative estimate of drug-likeness (QED) is 0.761. The third kappa shape index (κ3) is 4.92. The van der Waals surface area contributed by atoms with Crippen LogP contribution in [0.4, 0.5) is 4.39 Å². The van der Waals surface area contributed by atoms with Crippen LogP contribution in [0.1, 0.15) is 37.7 Å². The molecule has 0 aromatic heterocycles. The molecule has 0 amide bonds. The molecule has 0 radical (unpaired) electrons. The van der Waals surface area contributed by atoms with Crippen LogP contribution in [0.5, 0.6) is 0 Å². The summed E-state index contributed by atoms with van der Waals surface area (Å²) in [5.41, 5.74) is 0.786. The number of nitrogens with one attached hydrogen (secondary N) is 1. The van der Waals surface area contributed by atoms with Crippen LogP contribution in [0.3, 0.4) is 0 Å². The molecule has 0 atom stereocenters. The van der Waals surface area contributed by atoms with Gasteiger partial charge in [0, 0.05) is 18.2 Å². The van der Waals surface area contributed by atoms with Gasteiger partial charge in [-0.05, 0) is 45.5 Å². The van der Waals surface area contributed by atoms with Crippen molar-refractivity contribution in [1.82, 2.24) is 10.2 Å². The van der Waals surface area contributed by atoms with Crippen LogP contribution < -0.4 is 5.32 Å². The number of hydrogen-bond donors (Lipinski definition) is 1. The van der Waals surface area contributed by atoms with Crippen LogP contribution >= 0.6 is 0 Å². The van der Waals surface area contributed by atoms with Gasteiger partial charge in [-0.1, -0.05) is 31.0 Å². The van der Waals surface area contributed by atoms with Gasteiger partial charge in [0.25, 0.3) is 0 Å². The second-order valence-corrected chi connectivity index (χ2v) is 5.62. The maximum absolute atomic E-state index is 13.5. The summed E-state index contributed by atoms with van der Waals surface area (Å²) in [7, 11) is 2.06. The third-order valence-corrected chi connectivity index (χ3v) is 3.90. The maximum Gasteiger partial charge on any atom is 0.127 e. The number of hydrogen-bond acceptors (Lipinski definition) is 2. The van der Waals surface area contributed by atoms with Crippen molar-refractivity contribution in [3.05, 3.63) is 35.6 Å². The van der Waals surface area contributed by atoms with Gasteiger partial charge in [-0.3, -0.25) is 0 Å². The smallest absolute Gasteiger partial charge is 0.127 e. The molecule has 1 aliphatic carbocycles. The molecular weight excluding hydrogens is 239 g/mol. The van der Waals surface area contributed by atoms with Gasteiger partial charge in [0.15, 0.2) is 0 Å². The van der Waals surface area contributed by atoms with Gasteiger partial charge >= 0.3 is 0 Å². The van der Waals surface area contributed by atoms with E-state index in [1.807, 2.05) is 12.1 Å². The Hall–Kier alpha value is -0.930. The topological polar surface area (TPSA) is 15.3 Å². The van der Waals surface area contributed by atoms with E-state index in [0.717, 1.165) is 31.1 Å². The second-order valence-electron chi connectivity index (χ2n) is 5.62. The first-order valence-electron chi connectivity index (χ1n) is 7.41.